The molecule has 0 aromatic heterocycles. The zero-order valence-electron chi connectivity index (χ0n) is 12.6. The van der Waals surface area contributed by atoms with Crippen molar-refractivity contribution in [1.29, 1.82) is 0 Å². The van der Waals surface area contributed by atoms with Crippen LogP contribution in [0, 0.1) is 9.49 Å². The molecule has 1 aromatic carbocycles. The van der Waals surface area contributed by atoms with E-state index in [0.717, 1.165) is 10.1 Å². The predicted molar refractivity (Wildman–Crippen MR) is 90.1 cm³/mol. The van der Waals surface area contributed by atoms with E-state index in [2.05, 4.69) is 41.3 Å². The fraction of sp³-hybridized carbons (Fsp3) is 0.533. The molecule has 1 aromatic rings. The minimum Gasteiger partial charge on any atom is -0.507 e. The highest BCUT2D eigenvalue weighted by atomic mass is 127. The van der Waals surface area contributed by atoms with Crippen molar-refractivity contribution < 1.29 is 9.90 Å². The summed E-state index contributed by atoms with van der Waals surface area (Å²) >= 11 is 2.15. The first-order valence-electron chi connectivity index (χ1n) is 6.73. The summed E-state index contributed by atoms with van der Waals surface area (Å²) in [6.45, 7) is 6.34. The van der Waals surface area contributed by atoms with Crippen LogP contribution < -0.4 is 0 Å². The SMILES string of the molecule is CC(C)CN(CCN(C)C)C(=O)c1cc(I)ccc1O. The van der Waals surface area contributed by atoms with Gasteiger partial charge in [0.1, 0.15) is 5.75 Å². The van der Waals surface area contributed by atoms with Gasteiger partial charge in [0.25, 0.3) is 5.91 Å². The van der Waals surface area contributed by atoms with Gasteiger partial charge in [-0.3, -0.25) is 4.79 Å². The molecule has 20 heavy (non-hydrogen) atoms. The van der Waals surface area contributed by atoms with Crippen LogP contribution in [0.3, 0.4) is 0 Å². The summed E-state index contributed by atoms with van der Waals surface area (Å²) in [5, 5.41) is 9.90. The Morgan fingerprint density at radius 2 is 1.95 bits per heavy atom. The topological polar surface area (TPSA) is 43.8 Å². The highest BCUT2D eigenvalue weighted by Crippen LogP contribution is 2.21. The monoisotopic (exact) mass is 390 g/mol. The van der Waals surface area contributed by atoms with E-state index in [4.69, 9.17) is 0 Å². The van der Waals surface area contributed by atoms with E-state index in [1.165, 1.54) is 0 Å². The summed E-state index contributed by atoms with van der Waals surface area (Å²) < 4.78 is 0.945. The van der Waals surface area contributed by atoms with Crippen molar-refractivity contribution in [3.8, 4) is 5.75 Å². The lowest BCUT2D eigenvalue weighted by Crippen LogP contribution is -2.39. The quantitative estimate of drug-likeness (QED) is 0.760. The van der Waals surface area contributed by atoms with E-state index in [0.29, 0.717) is 24.6 Å². The van der Waals surface area contributed by atoms with E-state index >= 15 is 0 Å². The van der Waals surface area contributed by atoms with Crippen LogP contribution in [0.2, 0.25) is 0 Å². The molecule has 1 amide bonds. The first-order chi connectivity index (χ1) is 9.31. The third-order valence-corrected chi connectivity index (χ3v) is 3.55. The Balaban J connectivity index is 2.93. The first kappa shape index (κ1) is 17.2. The van der Waals surface area contributed by atoms with E-state index in [-0.39, 0.29) is 11.7 Å². The van der Waals surface area contributed by atoms with Crippen molar-refractivity contribution in [2.45, 2.75) is 13.8 Å². The molecule has 0 aliphatic rings. The normalized spacial score (nSPS) is 11.2. The molecule has 4 nitrogen and oxygen atoms in total. The molecule has 0 fully saturated rings. The molecule has 0 radical (unpaired) electrons. The van der Waals surface area contributed by atoms with Crippen LogP contribution in [0.15, 0.2) is 18.2 Å². The number of phenolic OH excluding ortho intramolecular Hbond substituents is 1. The minimum absolute atomic E-state index is 0.0500. The Kier molecular flexibility index (Phi) is 6.75. The summed E-state index contributed by atoms with van der Waals surface area (Å²) in [5.41, 5.74) is 0.385. The fourth-order valence-electron chi connectivity index (χ4n) is 1.89. The molecule has 0 aliphatic heterocycles. The van der Waals surface area contributed by atoms with Gasteiger partial charge in [-0.05, 0) is 60.8 Å². The maximum atomic E-state index is 12.6. The second-order valence-electron chi connectivity index (χ2n) is 5.61. The zero-order chi connectivity index (χ0) is 15.3. The number of benzene rings is 1. The van der Waals surface area contributed by atoms with Gasteiger partial charge in [-0.1, -0.05) is 13.8 Å². The predicted octanol–water partition coefficient (Wildman–Crippen LogP) is 2.66. The number of hydrogen-bond donors (Lipinski definition) is 1. The molecule has 0 saturated carbocycles. The third kappa shape index (κ3) is 5.28. The van der Waals surface area contributed by atoms with Crippen LogP contribution in [-0.2, 0) is 0 Å². The van der Waals surface area contributed by atoms with Gasteiger partial charge in [-0.25, -0.2) is 0 Å². The lowest BCUT2D eigenvalue weighted by atomic mass is 10.1. The van der Waals surface area contributed by atoms with Crippen molar-refractivity contribution in [3.63, 3.8) is 0 Å². The Morgan fingerprint density at radius 3 is 2.50 bits per heavy atom. The zero-order valence-corrected chi connectivity index (χ0v) is 14.7. The Bertz CT molecular complexity index is 461. The van der Waals surface area contributed by atoms with Crippen LogP contribution in [0.4, 0.5) is 0 Å². The van der Waals surface area contributed by atoms with Gasteiger partial charge in [0.15, 0.2) is 0 Å². The summed E-state index contributed by atoms with van der Waals surface area (Å²) in [7, 11) is 3.97. The number of carbonyl (C=O) groups excluding carboxylic acids is 1. The van der Waals surface area contributed by atoms with Crippen LogP contribution in [-0.4, -0.2) is 54.5 Å². The molecule has 0 saturated heterocycles. The van der Waals surface area contributed by atoms with E-state index in [9.17, 15) is 9.90 Å². The smallest absolute Gasteiger partial charge is 0.257 e. The van der Waals surface area contributed by atoms with Crippen molar-refractivity contribution in [2.24, 2.45) is 5.92 Å². The average Bonchev–Trinajstić information content (AvgIpc) is 2.36. The summed E-state index contributed by atoms with van der Waals surface area (Å²) in [6.07, 6.45) is 0. The number of rotatable bonds is 6. The minimum atomic E-state index is -0.100. The number of amides is 1. The van der Waals surface area contributed by atoms with E-state index in [1.807, 2.05) is 19.0 Å². The maximum absolute atomic E-state index is 12.6. The number of phenols is 1. The summed E-state index contributed by atoms with van der Waals surface area (Å²) in [6, 6.07) is 5.11. The molecule has 0 aliphatic carbocycles. The first-order valence-corrected chi connectivity index (χ1v) is 7.81. The lowest BCUT2D eigenvalue weighted by Gasteiger charge is -2.26. The molecular weight excluding hydrogens is 367 g/mol. The van der Waals surface area contributed by atoms with Gasteiger partial charge >= 0.3 is 0 Å². The molecule has 0 bridgehead atoms. The molecule has 1 rings (SSSR count). The largest absolute Gasteiger partial charge is 0.507 e. The summed E-state index contributed by atoms with van der Waals surface area (Å²) in [5.74, 6) is 0.344. The molecule has 0 atom stereocenters. The molecule has 5 heteroatoms. The van der Waals surface area contributed by atoms with Crippen molar-refractivity contribution >= 4 is 28.5 Å². The molecular formula is C15H23IN2O2. The lowest BCUT2D eigenvalue weighted by molar-refractivity contribution is 0.0721. The van der Waals surface area contributed by atoms with Gasteiger partial charge in [0, 0.05) is 23.2 Å². The highest BCUT2D eigenvalue weighted by molar-refractivity contribution is 14.1. The second kappa shape index (κ2) is 7.83. The van der Waals surface area contributed by atoms with Gasteiger partial charge in [-0.15, -0.1) is 0 Å². The van der Waals surface area contributed by atoms with Crippen LogP contribution >= 0.6 is 22.6 Å². The molecule has 0 spiro atoms. The van der Waals surface area contributed by atoms with Crippen LogP contribution in [0.5, 0.6) is 5.75 Å². The maximum Gasteiger partial charge on any atom is 0.257 e. The van der Waals surface area contributed by atoms with Crippen LogP contribution in [0.25, 0.3) is 0 Å². The second-order valence-corrected chi connectivity index (χ2v) is 6.86. The third-order valence-electron chi connectivity index (χ3n) is 2.88. The van der Waals surface area contributed by atoms with Gasteiger partial charge in [0.2, 0.25) is 0 Å². The van der Waals surface area contributed by atoms with E-state index in [1.54, 1.807) is 18.2 Å². The fourth-order valence-corrected chi connectivity index (χ4v) is 2.38. The van der Waals surface area contributed by atoms with Crippen molar-refractivity contribution in [1.82, 2.24) is 9.80 Å². The number of hydrogen-bond acceptors (Lipinski definition) is 3. The average molecular weight is 390 g/mol. The van der Waals surface area contributed by atoms with E-state index < -0.39 is 0 Å². The van der Waals surface area contributed by atoms with Crippen molar-refractivity contribution in [3.05, 3.63) is 27.3 Å². The number of nitrogens with zero attached hydrogens (tertiary/aromatic N) is 2. The Morgan fingerprint density at radius 1 is 1.30 bits per heavy atom. The number of halogens is 1. The van der Waals surface area contributed by atoms with Gasteiger partial charge in [0.05, 0.1) is 5.56 Å². The van der Waals surface area contributed by atoms with Crippen molar-refractivity contribution in [2.75, 3.05) is 33.7 Å². The molecule has 112 valence electrons. The molecule has 0 heterocycles. The number of carbonyl (C=O) groups is 1. The summed E-state index contributed by atoms with van der Waals surface area (Å²) in [4.78, 5) is 16.5. The standard InChI is InChI=1S/C15H23IN2O2/c1-11(2)10-18(8-7-17(3)4)15(20)13-9-12(16)5-6-14(13)19/h5-6,9,11,19H,7-8,10H2,1-4H3. The Hall–Kier alpha value is -0.820. The molecule has 0 unspecified atom stereocenters. The molecule has 1 N–H and O–H groups in total. The van der Waals surface area contributed by atoms with Gasteiger partial charge in [-0.2, -0.15) is 0 Å². The highest BCUT2D eigenvalue weighted by Gasteiger charge is 2.20. The van der Waals surface area contributed by atoms with Gasteiger partial charge < -0.3 is 14.9 Å². The number of likely N-dealkylation sites (N-methyl/N-ethyl adjacent to an activating group) is 1. The van der Waals surface area contributed by atoms with Crippen LogP contribution in [0.1, 0.15) is 24.2 Å². The Labute approximate surface area is 134 Å². The number of aromatic hydroxyl groups is 1.